The van der Waals surface area contributed by atoms with E-state index in [9.17, 15) is 9.59 Å². The molecule has 1 amide bonds. The summed E-state index contributed by atoms with van der Waals surface area (Å²) in [5.74, 6) is 0.661. The Morgan fingerprint density at radius 2 is 2.05 bits per heavy atom. The smallest absolute Gasteiger partial charge is 0.308 e. The number of esters is 1. The first kappa shape index (κ1) is 14.1. The van der Waals surface area contributed by atoms with Gasteiger partial charge in [-0.2, -0.15) is 0 Å². The van der Waals surface area contributed by atoms with Crippen molar-refractivity contribution in [3.63, 3.8) is 0 Å². The van der Waals surface area contributed by atoms with Crippen molar-refractivity contribution in [1.29, 1.82) is 0 Å². The van der Waals surface area contributed by atoms with Crippen LogP contribution in [0.2, 0.25) is 0 Å². The van der Waals surface area contributed by atoms with Crippen molar-refractivity contribution in [3.05, 3.63) is 34.9 Å². The molecule has 1 fully saturated rings. The minimum atomic E-state index is -0.0670. The third kappa shape index (κ3) is 2.94. The van der Waals surface area contributed by atoms with Gasteiger partial charge in [0, 0.05) is 12.1 Å². The number of ether oxygens (including phenoxy) is 1. The van der Waals surface area contributed by atoms with E-state index < -0.39 is 0 Å². The molecule has 3 rings (SSSR count). The molecule has 1 heterocycles. The summed E-state index contributed by atoms with van der Waals surface area (Å²) in [6.45, 7) is 0.651. The zero-order valence-electron chi connectivity index (χ0n) is 12.4. The summed E-state index contributed by atoms with van der Waals surface area (Å²) in [6, 6.07) is 6.22. The van der Waals surface area contributed by atoms with Gasteiger partial charge >= 0.3 is 5.97 Å². The maximum Gasteiger partial charge on any atom is 0.308 e. The van der Waals surface area contributed by atoms with E-state index in [4.69, 9.17) is 4.74 Å². The number of hydrogen-bond acceptors (Lipinski definition) is 3. The Hall–Kier alpha value is -1.84. The van der Waals surface area contributed by atoms with Crippen LogP contribution in [0.25, 0.3) is 0 Å². The third-order valence-corrected chi connectivity index (χ3v) is 4.76. The molecule has 4 nitrogen and oxygen atoms in total. The van der Waals surface area contributed by atoms with Crippen LogP contribution in [0, 0.1) is 11.8 Å². The van der Waals surface area contributed by atoms with Crippen LogP contribution in [0.5, 0.6) is 0 Å². The Bertz CT molecular complexity index is 559. The lowest BCUT2D eigenvalue weighted by molar-refractivity contribution is -0.146. The first-order valence-corrected chi connectivity index (χ1v) is 7.65. The van der Waals surface area contributed by atoms with Crippen LogP contribution < -0.4 is 5.32 Å². The molecule has 1 aliphatic heterocycles. The fourth-order valence-electron chi connectivity index (χ4n) is 3.49. The number of carbonyl (C=O) groups is 2. The van der Waals surface area contributed by atoms with Gasteiger partial charge in [0.1, 0.15) is 0 Å². The first-order chi connectivity index (χ1) is 10.2. The molecule has 4 heteroatoms. The summed E-state index contributed by atoms with van der Waals surface area (Å²) >= 11 is 0. The molecule has 0 radical (unpaired) electrons. The summed E-state index contributed by atoms with van der Waals surface area (Å²) in [5.41, 5.74) is 3.15. The Morgan fingerprint density at radius 1 is 1.29 bits per heavy atom. The van der Waals surface area contributed by atoms with Crippen molar-refractivity contribution in [1.82, 2.24) is 5.32 Å². The highest BCUT2D eigenvalue weighted by molar-refractivity contribution is 5.98. The molecule has 1 aromatic rings. The van der Waals surface area contributed by atoms with Gasteiger partial charge in [-0.25, -0.2) is 0 Å². The van der Waals surface area contributed by atoms with Gasteiger partial charge in [-0.1, -0.05) is 12.1 Å². The number of rotatable bonds is 3. The van der Waals surface area contributed by atoms with Crippen LogP contribution in [-0.2, 0) is 22.5 Å². The highest BCUT2D eigenvalue weighted by Gasteiger charge is 2.27. The van der Waals surface area contributed by atoms with E-state index >= 15 is 0 Å². The van der Waals surface area contributed by atoms with Crippen LogP contribution in [0.4, 0.5) is 0 Å². The van der Waals surface area contributed by atoms with Crippen LogP contribution in [0.1, 0.15) is 47.2 Å². The molecule has 0 saturated heterocycles. The standard InChI is InChI=1S/C17H21NO3/c1-21-17(20)13-5-2-11(3-6-13)8-12-4-7-14-10-18-16(19)15(14)9-12/h4,7,9,11,13H,2-3,5-6,8,10H2,1H3,(H,18,19). The van der Waals surface area contributed by atoms with Gasteiger partial charge in [-0.3, -0.25) is 9.59 Å². The third-order valence-electron chi connectivity index (χ3n) is 4.76. The summed E-state index contributed by atoms with van der Waals surface area (Å²) in [7, 11) is 1.46. The lowest BCUT2D eigenvalue weighted by Gasteiger charge is -2.27. The van der Waals surface area contributed by atoms with Gasteiger partial charge in [0.05, 0.1) is 13.0 Å². The lowest BCUT2D eigenvalue weighted by atomic mass is 9.79. The maximum absolute atomic E-state index is 11.7. The fourth-order valence-corrected chi connectivity index (χ4v) is 3.49. The van der Waals surface area contributed by atoms with Gasteiger partial charge in [0.25, 0.3) is 5.91 Å². The number of methoxy groups -OCH3 is 1. The van der Waals surface area contributed by atoms with Crippen molar-refractivity contribution in [2.45, 2.75) is 38.6 Å². The number of fused-ring (bicyclic) bond motifs is 1. The SMILES string of the molecule is COC(=O)C1CCC(Cc2ccc3c(c2)C(=O)NC3)CC1. The molecular formula is C17H21NO3. The normalized spacial score (nSPS) is 24.3. The number of benzene rings is 1. The Labute approximate surface area is 124 Å². The minimum absolute atomic E-state index is 0.0428. The molecule has 0 unspecified atom stereocenters. The van der Waals surface area contributed by atoms with E-state index in [1.807, 2.05) is 6.07 Å². The molecule has 0 spiro atoms. The second-order valence-electron chi connectivity index (χ2n) is 6.12. The predicted molar refractivity (Wildman–Crippen MR) is 78.8 cm³/mol. The van der Waals surface area contributed by atoms with E-state index in [1.165, 1.54) is 12.7 Å². The zero-order valence-corrected chi connectivity index (χ0v) is 12.4. The number of amides is 1. The van der Waals surface area contributed by atoms with Crippen molar-refractivity contribution in [2.24, 2.45) is 11.8 Å². The monoisotopic (exact) mass is 287 g/mol. The summed E-state index contributed by atoms with van der Waals surface area (Å²) in [5, 5.41) is 2.85. The van der Waals surface area contributed by atoms with Crippen molar-refractivity contribution >= 4 is 11.9 Å². The van der Waals surface area contributed by atoms with Gasteiger partial charge in [0.2, 0.25) is 0 Å². The molecule has 0 aromatic heterocycles. The van der Waals surface area contributed by atoms with Crippen LogP contribution >= 0.6 is 0 Å². The number of carbonyl (C=O) groups excluding carboxylic acids is 2. The highest BCUT2D eigenvalue weighted by Crippen LogP contribution is 2.32. The first-order valence-electron chi connectivity index (χ1n) is 7.65. The fraction of sp³-hybridized carbons (Fsp3) is 0.529. The maximum atomic E-state index is 11.7. The lowest BCUT2D eigenvalue weighted by Crippen LogP contribution is -2.23. The van der Waals surface area contributed by atoms with E-state index in [0.29, 0.717) is 12.5 Å². The topological polar surface area (TPSA) is 55.4 Å². The van der Waals surface area contributed by atoms with Gasteiger partial charge < -0.3 is 10.1 Å². The quantitative estimate of drug-likeness (QED) is 0.869. The highest BCUT2D eigenvalue weighted by atomic mass is 16.5. The van der Waals surface area contributed by atoms with E-state index in [0.717, 1.165) is 43.2 Å². The van der Waals surface area contributed by atoms with Crippen molar-refractivity contribution < 1.29 is 14.3 Å². The molecule has 0 atom stereocenters. The number of nitrogens with one attached hydrogen (secondary N) is 1. The molecule has 1 aliphatic carbocycles. The van der Waals surface area contributed by atoms with Crippen molar-refractivity contribution in [3.8, 4) is 0 Å². The van der Waals surface area contributed by atoms with Crippen LogP contribution in [0.15, 0.2) is 18.2 Å². The molecule has 21 heavy (non-hydrogen) atoms. The van der Waals surface area contributed by atoms with Gasteiger partial charge in [0.15, 0.2) is 0 Å². The summed E-state index contributed by atoms with van der Waals surface area (Å²) < 4.78 is 4.82. The number of hydrogen-bond donors (Lipinski definition) is 1. The molecule has 112 valence electrons. The van der Waals surface area contributed by atoms with Gasteiger partial charge in [-0.15, -0.1) is 0 Å². The summed E-state index contributed by atoms with van der Waals surface area (Å²) in [6.07, 6.45) is 4.95. The average molecular weight is 287 g/mol. The molecule has 2 aliphatic rings. The zero-order chi connectivity index (χ0) is 14.8. The Kier molecular flexibility index (Phi) is 3.95. The molecule has 1 N–H and O–H groups in total. The summed E-state index contributed by atoms with van der Waals surface area (Å²) in [4.78, 5) is 23.2. The van der Waals surface area contributed by atoms with Crippen LogP contribution in [-0.4, -0.2) is 19.0 Å². The second kappa shape index (κ2) is 5.88. The van der Waals surface area contributed by atoms with E-state index in [2.05, 4.69) is 17.4 Å². The van der Waals surface area contributed by atoms with Crippen LogP contribution in [0.3, 0.4) is 0 Å². The van der Waals surface area contributed by atoms with E-state index in [-0.39, 0.29) is 17.8 Å². The molecule has 1 saturated carbocycles. The van der Waals surface area contributed by atoms with Crippen molar-refractivity contribution in [2.75, 3.05) is 7.11 Å². The Balaban J connectivity index is 1.60. The molecular weight excluding hydrogens is 266 g/mol. The molecule has 1 aromatic carbocycles. The predicted octanol–water partition coefficient (Wildman–Crippen LogP) is 2.45. The minimum Gasteiger partial charge on any atom is -0.469 e. The largest absolute Gasteiger partial charge is 0.469 e. The second-order valence-corrected chi connectivity index (χ2v) is 6.12. The van der Waals surface area contributed by atoms with Gasteiger partial charge in [-0.05, 0) is 55.2 Å². The molecule has 0 bridgehead atoms. The van der Waals surface area contributed by atoms with E-state index in [1.54, 1.807) is 0 Å². The average Bonchev–Trinajstić information content (AvgIpc) is 2.88. The Morgan fingerprint density at radius 3 is 2.76 bits per heavy atom.